The third-order valence-corrected chi connectivity index (χ3v) is 3.85. The molecule has 0 aromatic heterocycles. The Kier molecular flexibility index (Phi) is 3.83. The molecular weight excluding hydrogens is 316 g/mol. The van der Waals surface area contributed by atoms with Crippen molar-refractivity contribution in [2.75, 3.05) is 4.90 Å². The van der Waals surface area contributed by atoms with Gasteiger partial charge in [-0.05, 0) is 31.5 Å². The van der Waals surface area contributed by atoms with Gasteiger partial charge in [0.05, 0.1) is 17.8 Å². The molecule has 4 nitrogen and oxygen atoms in total. The lowest BCUT2D eigenvalue weighted by atomic mass is 10.1. The van der Waals surface area contributed by atoms with Crippen molar-refractivity contribution in [1.82, 2.24) is 0 Å². The number of carbonyl (C=O) groups is 2. The Hall–Kier alpha value is -2.76. The number of Topliss-reactive ketones (excluding diaryl/α,β-unsaturated/α-hetero) is 1. The molecule has 124 valence electrons. The fraction of sp³-hybridized carbons (Fsp3) is 0.222. The fourth-order valence-electron chi connectivity index (χ4n) is 2.59. The van der Waals surface area contributed by atoms with Crippen LogP contribution in [-0.2, 0) is 11.3 Å². The molecule has 0 saturated carbocycles. The van der Waals surface area contributed by atoms with E-state index in [1.165, 1.54) is 25.1 Å². The van der Waals surface area contributed by atoms with E-state index in [-0.39, 0.29) is 23.5 Å². The SMILES string of the molecule is CC(=O)c1cccc2c1OC(F)(F)C(=O)N2Cc1ccc(C)cc1. The largest absolute Gasteiger partial charge is 0.483 e. The maximum Gasteiger partial charge on any atom is 0.483 e. The molecule has 2 aromatic rings. The van der Waals surface area contributed by atoms with Crippen LogP contribution in [0.4, 0.5) is 14.5 Å². The summed E-state index contributed by atoms with van der Waals surface area (Å²) in [6.45, 7) is 3.14. The van der Waals surface area contributed by atoms with Gasteiger partial charge in [0.2, 0.25) is 0 Å². The van der Waals surface area contributed by atoms with Gasteiger partial charge in [0.25, 0.3) is 0 Å². The number of benzene rings is 2. The lowest BCUT2D eigenvalue weighted by Crippen LogP contribution is -2.50. The lowest BCUT2D eigenvalue weighted by Gasteiger charge is -2.34. The molecule has 1 aliphatic heterocycles. The summed E-state index contributed by atoms with van der Waals surface area (Å²) in [6.07, 6.45) is -4.01. The van der Waals surface area contributed by atoms with E-state index >= 15 is 0 Å². The van der Waals surface area contributed by atoms with Gasteiger partial charge < -0.3 is 4.74 Å². The van der Waals surface area contributed by atoms with Crippen LogP contribution >= 0.6 is 0 Å². The molecule has 0 aliphatic carbocycles. The molecule has 1 aliphatic rings. The summed E-state index contributed by atoms with van der Waals surface area (Å²) in [5.74, 6) is -2.12. The Balaban J connectivity index is 2.08. The number of alkyl halides is 2. The van der Waals surface area contributed by atoms with Crippen molar-refractivity contribution in [3.8, 4) is 5.75 Å². The second kappa shape index (κ2) is 5.70. The first-order valence-electron chi connectivity index (χ1n) is 7.38. The summed E-state index contributed by atoms with van der Waals surface area (Å²) in [6, 6.07) is 11.6. The first-order chi connectivity index (χ1) is 11.3. The second-order valence-corrected chi connectivity index (χ2v) is 5.71. The quantitative estimate of drug-likeness (QED) is 0.806. The zero-order chi connectivity index (χ0) is 17.5. The molecule has 0 spiro atoms. The molecule has 0 fully saturated rings. The van der Waals surface area contributed by atoms with Crippen molar-refractivity contribution in [1.29, 1.82) is 0 Å². The molecule has 24 heavy (non-hydrogen) atoms. The number of ether oxygens (including phenoxy) is 1. The number of para-hydroxylation sites is 1. The van der Waals surface area contributed by atoms with Crippen LogP contribution in [0, 0.1) is 6.92 Å². The minimum Gasteiger partial charge on any atom is -0.422 e. The average Bonchev–Trinajstić information content (AvgIpc) is 2.52. The molecule has 0 radical (unpaired) electrons. The molecule has 0 saturated heterocycles. The Morgan fingerprint density at radius 2 is 1.83 bits per heavy atom. The number of hydrogen-bond acceptors (Lipinski definition) is 3. The Bertz CT molecular complexity index is 816. The van der Waals surface area contributed by atoms with Crippen LogP contribution in [0.3, 0.4) is 0 Å². The first-order valence-corrected chi connectivity index (χ1v) is 7.38. The maximum atomic E-state index is 14.0. The zero-order valence-corrected chi connectivity index (χ0v) is 13.2. The number of anilines is 1. The second-order valence-electron chi connectivity index (χ2n) is 5.71. The summed E-state index contributed by atoms with van der Waals surface area (Å²) < 4.78 is 32.6. The van der Waals surface area contributed by atoms with Gasteiger partial charge in [0.1, 0.15) is 0 Å². The van der Waals surface area contributed by atoms with Crippen LogP contribution in [0.25, 0.3) is 0 Å². The van der Waals surface area contributed by atoms with E-state index < -0.39 is 17.8 Å². The highest BCUT2D eigenvalue weighted by molar-refractivity contribution is 6.05. The highest BCUT2D eigenvalue weighted by atomic mass is 19.3. The molecule has 3 rings (SSSR count). The number of halogens is 2. The first kappa shape index (κ1) is 16.1. The van der Waals surface area contributed by atoms with E-state index in [0.29, 0.717) is 5.56 Å². The standard InChI is InChI=1S/C18H15F2NO3/c1-11-6-8-13(9-7-11)10-21-15-5-3-4-14(12(2)22)16(15)24-18(19,20)17(21)23/h3-9H,10H2,1-2H3. The Labute approximate surface area is 137 Å². The van der Waals surface area contributed by atoms with Crippen molar-refractivity contribution in [2.45, 2.75) is 26.5 Å². The van der Waals surface area contributed by atoms with E-state index in [1.54, 1.807) is 12.1 Å². The van der Waals surface area contributed by atoms with E-state index in [9.17, 15) is 18.4 Å². The lowest BCUT2D eigenvalue weighted by molar-refractivity contribution is -0.193. The van der Waals surface area contributed by atoms with Crippen molar-refractivity contribution in [2.24, 2.45) is 0 Å². The molecule has 2 aromatic carbocycles. The Morgan fingerprint density at radius 1 is 1.17 bits per heavy atom. The van der Waals surface area contributed by atoms with Crippen LogP contribution < -0.4 is 9.64 Å². The van der Waals surface area contributed by atoms with Crippen molar-refractivity contribution < 1.29 is 23.1 Å². The summed E-state index contributed by atoms with van der Waals surface area (Å²) in [5.41, 5.74) is 1.91. The number of nitrogens with zero attached hydrogens (tertiary/aromatic N) is 1. The van der Waals surface area contributed by atoms with Crippen molar-refractivity contribution in [3.05, 3.63) is 59.2 Å². The minimum atomic E-state index is -4.01. The van der Waals surface area contributed by atoms with Crippen LogP contribution in [0.1, 0.15) is 28.4 Å². The van der Waals surface area contributed by atoms with E-state index in [0.717, 1.165) is 10.5 Å². The summed E-state index contributed by atoms with van der Waals surface area (Å²) >= 11 is 0. The summed E-state index contributed by atoms with van der Waals surface area (Å²) in [4.78, 5) is 24.8. The van der Waals surface area contributed by atoms with Crippen LogP contribution in [-0.4, -0.2) is 17.8 Å². The molecule has 1 heterocycles. The number of amides is 1. The molecule has 0 atom stereocenters. The predicted octanol–water partition coefficient (Wildman–Crippen LogP) is 3.72. The van der Waals surface area contributed by atoms with Crippen molar-refractivity contribution in [3.63, 3.8) is 0 Å². The summed E-state index contributed by atoms with van der Waals surface area (Å²) in [7, 11) is 0. The smallest absolute Gasteiger partial charge is 0.422 e. The van der Waals surface area contributed by atoms with Crippen LogP contribution in [0.2, 0.25) is 0 Å². The molecular formula is C18H15F2NO3. The Morgan fingerprint density at radius 3 is 2.46 bits per heavy atom. The number of aryl methyl sites for hydroxylation is 1. The fourth-order valence-corrected chi connectivity index (χ4v) is 2.59. The van der Waals surface area contributed by atoms with E-state index in [1.807, 2.05) is 19.1 Å². The number of fused-ring (bicyclic) bond motifs is 1. The predicted molar refractivity (Wildman–Crippen MR) is 84.4 cm³/mol. The number of carbonyl (C=O) groups excluding carboxylic acids is 2. The minimum absolute atomic E-state index is 0.0218. The third kappa shape index (κ3) is 2.75. The van der Waals surface area contributed by atoms with Crippen LogP contribution in [0.5, 0.6) is 5.75 Å². The van der Waals surface area contributed by atoms with Gasteiger partial charge in [0.15, 0.2) is 11.5 Å². The number of rotatable bonds is 3. The topological polar surface area (TPSA) is 46.6 Å². The van der Waals surface area contributed by atoms with Crippen molar-refractivity contribution >= 4 is 17.4 Å². The summed E-state index contributed by atoms with van der Waals surface area (Å²) in [5, 5.41) is 0. The van der Waals surface area contributed by atoms with E-state index in [2.05, 4.69) is 4.74 Å². The molecule has 6 heteroatoms. The van der Waals surface area contributed by atoms with Gasteiger partial charge in [-0.1, -0.05) is 35.9 Å². The van der Waals surface area contributed by atoms with Gasteiger partial charge in [-0.2, -0.15) is 8.78 Å². The monoisotopic (exact) mass is 331 g/mol. The number of ketones is 1. The van der Waals surface area contributed by atoms with Gasteiger partial charge >= 0.3 is 12.0 Å². The molecule has 0 N–H and O–H groups in total. The van der Waals surface area contributed by atoms with Gasteiger partial charge in [-0.25, -0.2) is 0 Å². The maximum absolute atomic E-state index is 14.0. The normalized spacial score (nSPS) is 15.7. The third-order valence-electron chi connectivity index (χ3n) is 3.85. The number of hydrogen-bond donors (Lipinski definition) is 0. The average molecular weight is 331 g/mol. The molecule has 1 amide bonds. The van der Waals surface area contributed by atoms with Crippen LogP contribution in [0.15, 0.2) is 42.5 Å². The van der Waals surface area contributed by atoms with E-state index in [4.69, 9.17) is 0 Å². The zero-order valence-electron chi connectivity index (χ0n) is 13.2. The molecule has 0 unspecified atom stereocenters. The van der Waals surface area contributed by atoms with Gasteiger partial charge in [0, 0.05) is 0 Å². The highest BCUT2D eigenvalue weighted by Gasteiger charge is 2.51. The highest BCUT2D eigenvalue weighted by Crippen LogP contribution is 2.42. The molecule has 0 bridgehead atoms. The van der Waals surface area contributed by atoms with Gasteiger partial charge in [-0.3, -0.25) is 14.5 Å². The van der Waals surface area contributed by atoms with Gasteiger partial charge in [-0.15, -0.1) is 0 Å².